The fourth-order valence-electron chi connectivity index (χ4n) is 1.89. The summed E-state index contributed by atoms with van der Waals surface area (Å²) in [7, 11) is 1.60. The first-order valence-corrected chi connectivity index (χ1v) is 7.08. The predicted molar refractivity (Wildman–Crippen MR) is 85.7 cm³/mol. The lowest BCUT2D eigenvalue weighted by Crippen LogP contribution is -2.49. The number of ether oxygens (including phenoxy) is 1. The standard InChI is InChI=1S/C13H14Cl3N3O/c1-3-10-5-6-11(20-2)9-12(10)19-17-7-4-8-18(19)13(14,15)16/h3,5-7,9H,1,4,8H2,2H3. The molecule has 1 aliphatic rings. The van der Waals surface area contributed by atoms with Gasteiger partial charge in [0.25, 0.3) is 3.92 Å². The highest BCUT2D eigenvalue weighted by atomic mass is 35.6. The normalized spacial score (nSPS) is 16.3. The summed E-state index contributed by atoms with van der Waals surface area (Å²) in [6, 6.07) is 5.54. The molecule has 1 aromatic rings. The molecule has 0 unspecified atom stereocenters. The molecule has 0 saturated heterocycles. The molecule has 1 aromatic carbocycles. The van der Waals surface area contributed by atoms with Crippen LogP contribution in [0.5, 0.6) is 5.75 Å². The van der Waals surface area contributed by atoms with E-state index in [2.05, 4.69) is 11.7 Å². The van der Waals surface area contributed by atoms with Crippen LogP contribution >= 0.6 is 34.8 Å². The van der Waals surface area contributed by atoms with Crippen molar-refractivity contribution in [2.45, 2.75) is 10.3 Å². The molecule has 0 fully saturated rings. The van der Waals surface area contributed by atoms with Gasteiger partial charge < -0.3 is 4.74 Å². The highest BCUT2D eigenvalue weighted by molar-refractivity contribution is 6.67. The second-order valence-electron chi connectivity index (χ2n) is 4.10. The summed E-state index contributed by atoms with van der Waals surface area (Å²) < 4.78 is 3.65. The zero-order chi connectivity index (χ0) is 14.8. The number of rotatable bonds is 3. The Morgan fingerprint density at radius 2 is 2.15 bits per heavy atom. The van der Waals surface area contributed by atoms with Gasteiger partial charge in [-0.1, -0.05) is 47.5 Å². The third-order valence-corrected chi connectivity index (χ3v) is 3.44. The van der Waals surface area contributed by atoms with Crippen LogP contribution in [0.15, 0.2) is 29.9 Å². The first kappa shape index (κ1) is 15.4. The lowest BCUT2D eigenvalue weighted by Gasteiger charge is -2.39. The molecule has 0 aliphatic carbocycles. The fourth-order valence-corrected chi connectivity index (χ4v) is 2.36. The summed E-state index contributed by atoms with van der Waals surface area (Å²) in [5, 5.41) is 7.43. The van der Waals surface area contributed by atoms with Crippen LogP contribution in [0, 0.1) is 0 Å². The highest BCUT2D eigenvalue weighted by Crippen LogP contribution is 2.38. The van der Waals surface area contributed by atoms with Crippen molar-refractivity contribution in [2.24, 2.45) is 5.10 Å². The summed E-state index contributed by atoms with van der Waals surface area (Å²) in [5.74, 6) is 0.690. The second-order valence-corrected chi connectivity index (χ2v) is 6.32. The Morgan fingerprint density at radius 3 is 2.75 bits per heavy atom. The Balaban J connectivity index is 2.49. The molecule has 0 aromatic heterocycles. The molecule has 0 amide bonds. The second kappa shape index (κ2) is 6.22. The van der Waals surface area contributed by atoms with E-state index in [1.54, 1.807) is 29.5 Å². The van der Waals surface area contributed by atoms with Gasteiger partial charge in [0.2, 0.25) is 0 Å². The summed E-state index contributed by atoms with van der Waals surface area (Å²) in [6.45, 7) is 4.34. The maximum atomic E-state index is 6.01. The van der Waals surface area contributed by atoms with Crippen molar-refractivity contribution in [3.05, 3.63) is 30.3 Å². The van der Waals surface area contributed by atoms with Crippen LogP contribution in [0.1, 0.15) is 12.0 Å². The molecule has 7 heteroatoms. The van der Waals surface area contributed by atoms with E-state index >= 15 is 0 Å². The molecule has 0 saturated carbocycles. The molecule has 4 nitrogen and oxygen atoms in total. The molecule has 20 heavy (non-hydrogen) atoms. The van der Waals surface area contributed by atoms with E-state index < -0.39 is 3.92 Å². The van der Waals surface area contributed by atoms with Crippen molar-refractivity contribution in [3.63, 3.8) is 0 Å². The monoisotopic (exact) mass is 333 g/mol. The van der Waals surface area contributed by atoms with E-state index in [9.17, 15) is 0 Å². The van der Waals surface area contributed by atoms with Gasteiger partial charge in [0, 0.05) is 24.4 Å². The van der Waals surface area contributed by atoms with E-state index in [4.69, 9.17) is 39.5 Å². The minimum Gasteiger partial charge on any atom is -0.497 e. The SMILES string of the molecule is C=Cc1ccc(OC)cc1N1N=CCCN1C(Cl)(Cl)Cl. The summed E-state index contributed by atoms with van der Waals surface area (Å²) in [6.07, 6.45) is 4.20. The van der Waals surface area contributed by atoms with Gasteiger partial charge in [-0.2, -0.15) is 15.2 Å². The van der Waals surface area contributed by atoms with Crippen LogP contribution in [-0.4, -0.2) is 28.8 Å². The van der Waals surface area contributed by atoms with Gasteiger partial charge in [-0.05, 0) is 18.6 Å². The molecule has 2 rings (SSSR count). The number of hydrazine groups is 1. The van der Waals surface area contributed by atoms with Crippen molar-refractivity contribution >= 4 is 52.8 Å². The first-order valence-electron chi connectivity index (χ1n) is 5.94. The molecule has 0 atom stereocenters. The van der Waals surface area contributed by atoms with Crippen molar-refractivity contribution in [1.82, 2.24) is 5.01 Å². The molecule has 108 valence electrons. The zero-order valence-electron chi connectivity index (χ0n) is 10.9. The number of hydrogen-bond acceptors (Lipinski definition) is 4. The summed E-state index contributed by atoms with van der Waals surface area (Å²) in [4.78, 5) is 0. The van der Waals surface area contributed by atoms with Crippen LogP contribution in [0.4, 0.5) is 5.69 Å². The Hall–Kier alpha value is -0.940. The number of hydrazone groups is 1. The minimum absolute atomic E-state index is 0.549. The van der Waals surface area contributed by atoms with Gasteiger partial charge in [0.15, 0.2) is 0 Å². The molecule has 0 spiro atoms. The van der Waals surface area contributed by atoms with E-state index in [-0.39, 0.29) is 0 Å². The average Bonchev–Trinajstić information content (AvgIpc) is 2.45. The Morgan fingerprint density at radius 1 is 1.40 bits per heavy atom. The fraction of sp³-hybridized carbons (Fsp3) is 0.308. The molecule has 1 heterocycles. The molecular weight excluding hydrogens is 321 g/mol. The Labute approximate surface area is 133 Å². The Bertz CT molecular complexity index is 528. The minimum atomic E-state index is -1.58. The lowest BCUT2D eigenvalue weighted by atomic mass is 10.1. The number of methoxy groups -OCH3 is 1. The maximum Gasteiger partial charge on any atom is 0.266 e. The molecule has 0 bridgehead atoms. The number of benzene rings is 1. The molecule has 1 aliphatic heterocycles. The Kier molecular flexibility index (Phi) is 4.81. The first-order chi connectivity index (χ1) is 9.47. The van der Waals surface area contributed by atoms with Crippen molar-refractivity contribution in [3.8, 4) is 5.75 Å². The van der Waals surface area contributed by atoms with E-state index in [0.29, 0.717) is 18.7 Å². The van der Waals surface area contributed by atoms with Gasteiger partial charge in [0.1, 0.15) is 5.75 Å². The van der Waals surface area contributed by atoms with Crippen molar-refractivity contribution in [2.75, 3.05) is 18.8 Å². The van der Waals surface area contributed by atoms with Gasteiger partial charge in [-0.25, -0.2) is 0 Å². The molecule has 0 radical (unpaired) electrons. The van der Waals surface area contributed by atoms with Crippen LogP contribution in [-0.2, 0) is 0 Å². The van der Waals surface area contributed by atoms with Crippen LogP contribution < -0.4 is 9.85 Å². The maximum absolute atomic E-state index is 6.01. The van der Waals surface area contributed by atoms with E-state index in [0.717, 1.165) is 11.3 Å². The number of anilines is 1. The van der Waals surface area contributed by atoms with Crippen molar-refractivity contribution in [1.29, 1.82) is 0 Å². The number of nitrogens with zero attached hydrogens (tertiary/aromatic N) is 3. The quantitative estimate of drug-likeness (QED) is 0.616. The highest BCUT2D eigenvalue weighted by Gasteiger charge is 2.36. The molecular formula is C13H14Cl3N3O. The number of halogens is 3. The van der Waals surface area contributed by atoms with E-state index in [1.165, 1.54) is 0 Å². The largest absolute Gasteiger partial charge is 0.497 e. The van der Waals surface area contributed by atoms with Crippen LogP contribution in [0.2, 0.25) is 0 Å². The van der Waals surface area contributed by atoms with Gasteiger partial charge in [-0.3, -0.25) is 0 Å². The topological polar surface area (TPSA) is 28.1 Å². The van der Waals surface area contributed by atoms with Crippen molar-refractivity contribution < 1.29 is 4.74 Å². The molecule has 0 N–H and O–H groups in total. The van der Waals surface area contributed by atoms with Gasteiger partial charge in [0.05, 0.1) is 12.8 Å². The average molecular weight is 335 g/mol. The van der Waals surface area contributed by atoms with E-state index in [1.807, 2.05) is 18.2 Å². The zero-order valence-corrected chi connectivity index (χ0v) is 13.2. The third-order valence-electron chi connectivity index (χ3n) is 2.86. The van der Waals surface area contributed by atoms with Crippen LogP contribution in [0.25, 0.3) is 6.08 Å². The van der Waals surface area contributed by atoms with Crippen LogP contribution in [0.3, 0.4) is 0 Å². The lowest BCUT2D eigenvalue weighted by molar-refractivity contribution is 0.250. The summed E-state index contributed by atoms with van der Waals surface area (Å²) >= 11 is 18.0. The number of hydrogen-bond donors (Lipinski definition) is 0. The predicted octanol–water partition coefficient (Wildman–Crippen LogP) is 4.08. The summed E-state index contributed by atoms with van der Waals surface area (Å²) in [5.41, 5.74) is 1.60. The third kappa shape index (κ3) is 3.20. The number of alkyl halides is 3. The van der Waals surface area contributed by atoms with Gasteiger partial charge >= 0.3 is 0 Å². The smallest absolute Gasteiger partial charge is 0.266 e. The van der Waals surface area contributed by atoms with Gasteiger partial charge in [-0.15, -0.1) is 0 Å².